The third-order valence-corrected chi connectivity index (χ3v) is 4.38. The van der Waals surface area contributed by atoms with Gasteiger partial charge in [0.2, 0.25) is 5.91 Å². The Morgan fingerprint density at radius 2 is 1.35 bits per heavy atom. The van der Waals surface area contributed by atoms with Gasteiger partial charge in [-0.05, 0) is 56.9 Å². The average molecular weight is 353 g/mol. The minimum atomic E-state index is -0.309. The van der Waals surface area contributed by atoms with Crippen LogP contribution in [0.5, 0.6) is 0 Å². The van der Waals surface area contributed by atoms with Crippen LogP contribution >= 0.6 is 0 Å². The van der Waals surface area contributed by atoms with E-state index >= 15 is 0 Å². The predicted molar refractivity (Wildman–Crippen MR) is 107 cm³/mol. The van der Waals surface area contributed by atoms with E-state index < -0.39 is 0 Å². The average Bonchev–Trinajstić information content (AvgIpc) is 2.54. The molecule has 5 heteroatoms. The van der Waals surface area contributed by atoms with Gasteiger partial charge in [0, 0.05) is 18.4 Å². The molecule has 2 rings (SSSR count). The molecular weight excluding hydrogens is 326 g/mol. The summed E-state index contributed by atoms with van der Waals surface area (Å²) in [4.78, 5) is 26.2. The van der Waals surface area contributed by atoms with Crippen LogP contribution < -0.4 is 10.6 Å². The number of rotatable bonds is 4. The maximum atomic E-state index is 12.5. The summed E-state index contributed by atoms with van der Waals surface area (Å²) in [5.74, 6) is -0.225. The van der Waals surface area contributed by atoms with E-state index in [2.05, 4.69) is 10.6 Å². The van der Waals surface area contributed by atoms with Crippen LogP contribution in [0.25, 0.3) is 0 Å². The van der Waals surface area contributed by atoms with Crippen molar-refractivity contribution in [1.29, 1.82) is 0 Å². The molecule has 0 spiro atoms. The van der Waals surface area contributed by atoms with Crippen molar-refractivity contribution in [2.75, 3.05) is 24.2 Å². The lowest BCUT2D eigenvalue weighted by atomic mass is 10.1. The Hall–Kier alpha value is -2.82. The first-order valence-electron chi connectivity index (χ1n) is 8.65. The number of likely N-dealkylation sites (N-methyl/N-ethyl adjacent to an activating group) is 1. The molecule has 0 fully saturated rings. The van der Waals surface area contributed by atoms with E-state index in [9.17, 15) is 9.59 Å². The largest absolute Gasteiger partial charge is 0.324 e. The van der Waals surface area contributed by atoms with Gasteiger partial charge < -0.3 is 15.5 Å². The zero-order valence-electron chi connectivity index (χ0n) is 16.4. The SMILES string of the molecule is Cc1cc(C)c(NC(=O)N(C)CC(=O)Nc2c(C)cccc2C)c(C)c1. The normalized spacial score (nSPS) is 10.4. The number of hydrogen-bond donors (Lipinski definition) is 2. The molecule has 3 amide bonds. The molecule has 0 saturated carbocycles. The standard InChI is InChI=1S/C21H27N3O2/c1-13-10-16(4)20(17(5)11-13)23-21(26)24(6)12-18(25)22-19-14(2)8-7-9-15(19)3/h7-11H,12H2,1-6H3,(H,22,25)(H,23,26). The second kappa shape index (κ2) is 8.04. The molecule has 2 aromatic rings. The number of anilines is 2. The molecule has 0 unspecified atom stereocenters. The van der Waals surface area contributed by atoms with Crippen LogP contribution in [0.1, 0.15) is 27.8 Å². The van der Waals surface area contributed by atoms with Crippen LogP contribution in [-0.2, 0) is 4.79 Å². The van der Waals surface area contributed by atoms with Crippen LogP contribution in [-0.4, -0.2) is 30.4 Å². The minimum absolute atomic E-state index is 0.0242. The fourth-order valence-corrected chi connectivity index (χ4v) is 3.06. The Morgan fingerprint density at radius 1 is 0.846 bits per heavy atom. The second-order valence-corrected chi connectivity index (χ2v) is 6.87. The van der Waals surface area contributed by atoms with Crippen LogP contribution in [0.4, 0.5) is 16.2 Å². The predicted octanol–water partition coefficient (Wildman–Crippen LogP) is 4.33. The van der Waals surface area contributed by atoms with Crippen molar-refractivity contribution in [2.24, 2.45) is 0 Å². The molecule has 5 nitrogen and oxygen atoms in total. The third kappa shape index (κ3) is 4.63. The summed E-state index contributed by atoms with van der Waals surface area (Å²) in [7, 11) is 1.61. The van der Waals surface area contributed by atoms with E-state index in [4.69, 9.17) is 0 Å². The van der Waals surface area contributed by atoms with Gasteiger partial charge in [-0.1, -0.05) is 35.9 Å². The number of urea groups is 1. The van der Waals surface area contributed by atoms with Crippen molar-refractivity contribution in [3.05, 3.63) is 58.1 Å². The number of para-hydroxylation sites is 1. The number of aryl methyl sites for hydroxylation is 5. The van der Waals surface area contributed by atoms with Crippen LogP contribution in [0.3, 0.4) is 0 Å². The summed E-state index contributed by atoms with van der Waals surface area (Å²) in [6.45, 7) is 9.82. The van der Waals surface area contributed by atoms with Crippen LogP contribution in [0.15, 0.2) is 30.3 Å². The van der Waals surface area contributed by atoms with Gasteiger partial charge >= 0.3 is 6.03 Å². The van der Waals surface area contributed by atoms with Gasteiger partial charge in [0.15, 0.2) is 0 Å². The van der Waals surface area contributed by atoms with Gasteiger partial charge in [0.25, 0.3) is 0 Å². The fraction of sp³-hybridized carbons (Fsp3) is 0.333. The molecule has 0 saturated heterocycles. The molecule has 0 aliphatic heterocycles. The number of nitrogens with zero attached hydrogens (tertiary/aromatic N) is 1. The smallest absolute Gasteiger partial charge is 0.322 e. The molecular formula is C21H27N3O2. The summed E-state index contributed by atoms with van der Waals surface area (Å²) in [6, 6.07) is 9.58. The number of nitrogens with one attached hydrogen (secondary N) is 2. The molecule has 0 aliphatic carbocycles. The van der Waals surface area contributed by atoms with Gasteiger partial charge in [0.05, 0.1) is 0 Å². The van der Waals surface area contributed by atoms with Crippen LogP contribution in [0.2, 0.25) is 0 Å². The zero-order valence-corrected chi connectivity index (χ0v) is 16.4. The van der Waals surface area contributed by atoms with E-state index in [0.29, 0.717) is 0 Å². The Labute approximate surface area is 155 Å². The molecule has 2 N–H and O–H groups in total. The van der Waals surface area contributed by atoms with Gasteiger partial charge in [-0.3, -0.25) is 4.79 Å². The molecule has 0 atom stereocenters. The van der Waals surface area contributed by atoms with Crippen molar-refractivity contribution >= 4 is 23.3 Å². The summed E-state index contributed by atoms with van der Waals surface area (Å²) < 4.78 is 0. The van der Waals surface area contributed by atoms with E-state index in [1.54, 1.807) is 7.05 Å². The van der Waals surface area contributed by atoms with Crippen LogP contribution in [0, 0.1) is 34.6 Å². The van der Waals surface area contributed by atoms with E-state index in [1.165, 1.54) is 4.90 Å². The molecule has 0 bridgehead atoms. The Morgan fingerprint density at radius 3 is 1.88 bits per heavy atom. The molecule has 0 aliphatic rings. The molecule has 2 aromatic carbocycles. The lowest BCUT2D eigenvalue weighted by molar-refractivity contribution is -0.116. The van der Waals surface area contributed by atoms with Gasteiger partial charge in [-0.15, -0.1) is 0 Å². The number of carbonyl (C=O) groups excluding carboxylic acids is 2. The van der Waals surface area contributed by atoms with Crippen molar-refractivity contribution < 1.29 is 9.59 Å². The summed E-state index contributed by atoms with van der Waals surface area (Å²) >= 11 is 0. The summed E-state index contributed by atoms with van der Waals surface area (Å²) in [5, 5.41) is 5.80. The highest BCUT2D eigenvalue weighted by Gasteiger charge is 2.16. The highest BCUT2D eigenvalue weighted by atomic mass is 16.2. The van der Waals surface area contributed by atoms with E-state index in [-0.39, 0.29) is 18.5 Å². The van der Waals surface area contributed by atoms with E-state index in [1.807, 2.05) is 65.0 Å². The molecule has 138 valence electrons. The molecule has 26 heavy (non-hydrogen) atoms. The minimum Gasteiger partial charge on any atom is -0.324 e. The van der Waals surface area contributed by atoms with Crippen molar-refractivity contribution in [2.45, 2.75) is 34.6 Å². The first-order valence-corrected chi connectivity index (χ1v) is 8.65. The van der Waals surface area contributed by atoms with Gasteiger partial charge in [-0.2, -0.15) is 0 Å². The monoisotopic (exact) mass is 353 g/mol. The number of hydrogen-bond acceptors (Lipinski definition) is 2. The van der Waals surface area contributed by atoms with E-state index in [0.717, 1.165) is 39.2 Å². The Balaban J connectivity index is 2.02. The Kier molecular flexibility index (Phi) is 6.03. The second-order valence-electron chi connectivity index (χ2n) is 6.87. The number of amides is 3. The summed E-state index contributed by atoms with van der Waals surface area (Å²) in [6.07, 6.45) is 0. The third-order valence-electron chi connectivity index (χ3n) is 4.38. The maximum Gasteiger partial charge on any atom is 0.322 e. The lowest BCUT2D eigenvalue weighted by Crippen LogP contribution is -2.38. The van der Waals surface area contributed by atoms with Crippen molar-refractivity contribution in [1.82, 2.24) is 4.90 Å². The highest BCUT2D eigenvalue weighted by molar-refractivity contribution is 5.98. The van der Waals surface area contributed by atoms with Gasteiger partial charge in [-0.25, -0.2) is 4.79 Å². The highest BCUT2D eigenvalue weighted by Crippen LogP contribution is 2.22. The Bertz CT molecular complexity index is 800. The van der Waals surface area contributed by atoms with Gasteiger partial charge in [0.1, 0.15) is 6.54 Å². The van der Waals surface area contributed by atoms with Crippen molar-refractivity contribution in [3.63, 3.8) is 0 Å². The molecule has 0 aromatic heterocycles. The molecule has 0 radical (unpaired) electrons. The summed E-state index contributed by atoms with van der Waals surface area (Å²) in [5.41, 5.74) is 6.75. The fourth-order valence-electron chi connectivity index (χ4n) is 3.06. The van der Waals surface area contributed by atoms with Crippen molar-refractivity contribution in [3.8, 4) is 0 Å². The molecule has 0 heterocycles. The number of benzene rings is 2. The lowest BCUT2D eigenvalue weighted by Gasteiger charge is -2.20. The first-order chi connectivity index (χ1) is 12.2. The zero-order chi connectivity index (χ0) is 19.4. The number of carbonyl (C=O) groups is 2. The quantitative estimate of drug-likeness (QED) is 0.859. The maximum absolute atomic E-state index is 12.5. The topological polar surface area (TPSA) is 61.4 Å². The first kappa shape index (κ1) is 19.5.